The predicted molar refractivity (Wildman–Crippen MR) is 104 cm³/mol. The van der Waals surface area contributed by atoms with Crippen molar-refractivity contribution in [1.82, 2.24) is 4.98 Å². The molecular formula is C18H24N2O3S2. The second kappa shape index (κ2) is 8.10. The first-order valence-corrected chi connectivity index (χ1v) is 10.8. The van der Waals surface area contributed by atoms with Gasteiger partial charge in [0, 0.05) is 10.4 Å². The Morgan fingerprint density at radius 3 is 2.44 bits per heavy atom. The zero-order valence-corrected chi connectivity index (χ0v) is 16.6. The first-order valence-electron chi connectivity index (χ1n) is 8.31. The molecule has 1 heterocycles. The molecule has 0 saturated carbocycles. The lowest BCUT2D eigenvalue weighted by Crippen LogP contribution is -2.27. The highest BCUT2D eigenvalue weighted by Crippen LogP contribution is 2.30. The highest BCUT2D eigenvalue weighted by Gasteiger charge is 2.21. The summed E-state index contributed by atoms with van der Waals surface area (Å²) in [6.07, 6.45) is 2.15. The minimum Gasteiger partial charge on any atom is -0.301 e. The van der Waals surface area contributed by atoms with Crippen molar-refractivity contribution in [1.29, 1.82) is 0 Å². The van der Waals surface area contributed by atoms with E-state index in [2.05, 4.69) is 29.4 Å². The van der Waals surface area contributed by atoms with Crippen LogP contribution in [0.4, 0.5) is 5.13 Å². The SMILES string of the molecule is CCCc1ccc(-c2nc(NC(=O)CS(=O)(=O)C(C)C)sc2C)cc1. The van der Waals surface area contributed by atoms with Crippen molar-refractivity contribution < 1.29 is 13.2 Å². The van der Waals surface area contributed by atoms with Crippen molar-refractivity contribution in [2.24, 2.45) is 0 Å². The van der Waals surface area contributed by atoms with Crippen LogP contribution in [0.2, 0.25) is 0 Å². The van der Waals surface area contributed by atoms with Gasteiger partial charge in [0.2, 0.25) is 5.91 Å². The third-order valence-electron chi connectivity index (χ3n) is 3.86. The maximum absolute atomic E-state index is 12.0. The van der Waals surface area contributed by atoms with E-state index in [9.17, 15) is 13.2 Å². The molecule has 2 rings (SSSR count). The van der Waals surface area contributed by atoms with Crippen LogP contribution in [0.3, 0.4) is 0 Å². The Hall–Kier alpha value is -1.73. The molecule has 1 N–H and O–H groups in total. The highest BCUT2D eigenvalue weighted by molar-refractivity contribution is 7.92. The molecule has 1 aromatic carbocycles. The third kappa shape index (κ3) is 5.12. The number of amides is 1. The fourth-order valence-corrected chi connectivity index (χ4v) is 3.96. The highest BCUT2D eigenvalue weighted by atomic mass is 32.2. The Morgan fingerprint density at radius 1 is 1.24 bits per heavy atom. The molecule has 0 atom stereocenters. The summed E-state index contributed by atoms with van der Waals surface area (Å²) in [4.78, 5) is 17.4. The van der Waals surface area contributed by atoms with Crippen LogP contribution in [0.1, 0.15) is 37.6 Å². The van der Waals surface area contributed by atoms with Crippen LogP contribution in [0.25, 0.3) is 11.3 Å². The van der Waals surface area contributed by atoms with Crippen molar-refractivity contribution in [3.05, 3.63) is 34.7 Å². The van der Waals surface area contributed by atoms with Gasteiger partial charge in [-0.2, -0.15) is 0 Å². The molecule has 0 radical (unpaired) electrons. The molecule has 2 aromatic rings. The molecule has 136 valence electrons. The average Bonchev–Trinajstić information content (AvgIpc) is 2.88. The molecule has 1 aromatic heterocycles. The number of benzene rings is 1. The number of hydrogen-bond donors (Lipinski definition) is 1. The maximum atomic E-state index is 12.0. The zero-order chi connectivity index (χ0) is 18.6. The lowest BCUT2D eigenvalue weighted by Gasteiger charge is -2.06. The first-order chi connectivity index (χ1) is 11.7. The summed E-state index contributed by atoms with van der Waals surface area (Å²) in [5, 5.41) is 2.45. The van der Waals surface area contributed by atoms with E-state index in [-0.39, 0.29) is 0 Å². The Bertz CT molecular complexity index is 838. The van der Waals surface area contributed by atoms with Gasteiger partial charge in [0.1, 0.15) is 5.75 Å². The number of carbonyl (C=O) groups excluding carboxylic acids is 1. The Labute approximate surface area is 153 Å². The van der Waals surface area contributed by atoms with E-state index in [4.69, 9.17) is 0 Å². The molecule has 0 aliphatic carbocycles. The van der Waals surface area contributed by atoms with Gasteiger partial charge in [0.15, 0.2) is 15.0 Å². The fraction of sp³-hybridized carbons (Fsp3) is 0.444. The summed E-state index contributed by atoms with van der Waals surface area (Å²) in [6.45, 7) is 7.22. The van der Waals surface area contributed by atoms with Crippen molar-refractivity contribution in [2.75, 3.05) is 11.1 Å². The molecular weight excluding hydrogens is 356 g/mol. The van der Waals surface area contributed by atoms with Gasteiger partial charge in [-0.25, -0.2) is 13.4 Å². The van der Waals surface area contributed by atoms with E-state index in [0.29, 0.717) is 5.13 Å². The minimum atomic E-state index is -3.42. The standard InChI is InChI=1S/C18H24N2O3S2/c1-5-6-14-7-9-15(10-8-14)17-13(4)24-18(20-17)19-16(21)11-25(22,23)12(2)3/h7-10,12H,5-6,11H2,1-4H3,(H,19,20,21). The average molecular weight is 381 g/mol. The van der Waals surface area contributed by atoms with Gasteiger partial charge in [-0.15, -0.1) is 11.3 Å². The number of hydrogen-bond acceptors (Lipinski definition) is 5. The Kier molecular flexibility index (Phi) is 6.35. The van der Waals surface area contributed by atoms with Crippen LogP contribution in [0.15, 0.2) is 24.3 Å². The largest absolute Gasteiger partial charge is 0.301 e. The van der Waals surface area contributed by atoms with Crippen molar-refractivity contribution >= 4 is 32.2 Å². The zero-order valence-electron chi connectivity index (χ0n) is 15.0. The van der Waals surface area contributed by atoms with E-state index < -0.39 is 26.7 Å². The van der Waals surface area contributed by atoms with Crippen molar-refractivity contribution in [3.8, 4) is 11.3 Å². The van der Waals surface area contributed by atoms with Crippen LogP contribution >= 0.6 is 11.3 Å². The number of carbonyl (C=O) groups is 1. The number of aromatic nitrogens is 1. The van der Waals surface area contributed by atoms with Crippen molar-refractivity contribution in [2.45, 2.75) is 45.8 Å². The third-order valence-corrected chi connectivity index (χ3v) is 6.85. The molecule has 7 heteroatoms. The Morgan fingerprint density at radius 2 is 1.88 bits per heavy atom. The van der Waals surface area contributed by atoms with Gasteiger partial charge < -0.3 is 5.32 Å². The van der Waals surface area contributed by atoms with Crippen LogP contribution in [0, 0.1) is 6.92 Å². The van der Waals surface area contributed by atoms with Crippen molar-refractivity contribution in [3.63, 3.8) is 0 Å². The van der Waals surface area contributed by atoms with Gasteiger partial charge >= 0.3 is 0 Å². The van der Waals surface area contributed by atoms with Crippen LogP contribution in [-0.2, 0) is 21.1 Å². The second-order valence-corrected chi connectivity index (χ2v) is 10.0. The molecule has 0 unspecified atom stereocenters. The van der Waals surface area contributed by atoms with E-state index >= 15 is 0 Å². The maximum Gasteiger partial charge on any atom is 0.241 e. The van der Waals surface area contributed by atoms with E-state index in [0.717, 1.165) is 29.0 Å². The molecule has 0 aliphatic rings. The number of thiazole rings is 1. The van der Waals surface area contributed by atoms with Gasteiger partial charge in [0.25, 0.3) is 0 Å². The van der Waals surface area contributed by atoms with Crippen LogP contribution < -0.4 is 5.32 Å². The van der Waals surface area contributed by atoms with E-state index in [1.54, 1.807) is 13.8 Å². The summed E-state index contributed by atoms with van der Waals surface area (Å²) in [6, 6.07) is 8.24. The second-order valence-electron chi connectivity index (χ2n) is 6.27. The number of nitrogens with zero attached hydrogens (tertiary/aromatic N) is 1. The Balaban J connectivity index is 2.13. The number of anilines is 1. The number of nitrogens with one attached hydrogen (secondary N) is 1. The number of sulfone groups is 1. The van der Waals surface area contributed by atoms with E-state index in [1.165, 1.54) is 16.9 Å². The van der Waals surface area contributed by atoms with Crippen LogP contribution in [0.5, 0.6) is 0 Å². The molecule has 0 aliphatic heterocycles. The van der Waals surface area contributed by atoms with Crippen LogP contribution in [-0.4, -0.2) is 30.3 Å². The molecule has 5 nitrogen and oxygen atoms in total. The summed E-state index contributed by atoms with van der Waals surface area (Å²) in [5.41, 5.74) is 3.09. The molecule has 25 heavy (non-hydrogen) atoms. The van der Waals surface area contributed by atoms with Gasteiger partial charge in [0.05, 0.1) is 10.9 Å². The fourth-order valence-electron chi connectivity index (χ4n) is 2.34. The first kappa shape index (κ1) is 19.6. The summed E-state index contributed by atoms with van der Waals surface area (Å²) in [7, 11) is -3.42. The van der Waals surface area contributed by atoms with Gasteiger partial charge in [-0.1, -0.05) is 37.6 Å². The lowest BCUT2D eigenvalue weighted by molar-refractivity contribution is -0.113. The molecule has 0 fully saturated rings. The summed E-state index contributed by atoms with van der Waals surface area (Å²) < 4.78 is 23.7. The minimum absolute atomic E-state index is 0.425. The monoisotopic (exact) mass is 380 g/mol. The number of aryl methyl sites for hydroxylation is 2. The predicted octanol–water partition coefficient (Wildman–Crippen LogP) is 3.83. The lowest BCUT2D eigenvalue weighted by atomic mass is 10.1. The smallest absolute Gasteiger partial charge is 0.241 e. The summed E-state index contributed by atoms with van der Waals surface area (Å²) in [5.74, 6) is -1.07. The van der Waals surface area contributed by atoms with E-state index in [1.807, 2.05) is 19.1 Å². The molecule has 0 bridgehead atoms. The summed E-state index contributed by atoms with van der Waals surface area (Å²) >= 11 is 1.35. The van der Waals surface area contributed by atoms with Gasteiger partial charge in [-0.3, -0.25) is 4.79 Å². The topological polar surface area (TPSA) is 76.1 Å². The number of rotatable bonds is 7. The molecule has 0 saturated heterocycles. The normalized spacial score (nSPS) is 11.7. The molecule has 1 amide bonds. The molecule has 0 spiro atoms. The van der Waals surface area contributed by atoms with Gasteiger partial charge in [-0.05, 0) is 32.8 Å². The quantitative estimate of drug-likeness (QED) is 0.792.